The van der Waals surface area contributed by atoms with Gasteiger partial charge in [0.1, 0.15) is 17.2 Å². The van der Waals surface area contributed by atoms with Crippen molar-refractivity contribution in [2.24, 2.45) is 5.10 Å². The minimum absolute atomic E-state index is 0.420. The standard InChI is InChI=1S/C19H22N2O5S/c1-24-14-7-5-13(6-8-14)17-12-18(21(20-17)27(4,22)23)16-11-15(25-2)9-10-19(16)26-3/h5-11,18H,12H2,1-4H3/t18-/m0/s1. The monoisotopic (exact) mass is 390 g/mol. The van der Waals surface area contributed by atoms with Gasteiger partial charge in [0.2, 0.25) is 10.0 Å². The highest BCUT2D eigenvalue weighted by Gasteiger charge is 2.36. The molecule has 1 heterocycles. The molecular weight excluding hydrogens is 368 g/mol. The number of ether oxygens (including phenoxy) is 3. The normalized spacial score (nSPS) is 16.8. The molecule has 0 fully saturated rings. The van der Waals surface area contributed by atoms with Crippen molar-refractivity contribution >= 4 is 15.7 Å². The van der Waals surface area contributed by atoms with Crippen LogP contribution in [0.25, 0.3) is 0 Å². The topological polar surface area (TPSA) is 77.4 Å². The molecule has 144 valence electrons. The SMILES string of the molecule is COc1ccc(C2=NN(S(C)(=O)=O)[C@H](c3cc(OC)ccc3OC)C2)cc1. The molecule has 1 aliphatic rings. The summed E-state index contributed by atoms with van der Waals surface area (Å²) in [6.45, 7) is 0. The third kappa shape index (κ3) is 3.85. The smallest absolute Gasteiger partial charge is 0.247 e. The molecule has 7 nitrogen and oxygen atoms in total. The summed E-state index contributed by atoms with van der Waals surface area (Å²) < 4.78 is 41.8. The Morgan fingerprint density at radius 3 is 2.15 bits per heavy atom. The van der Waals surface area contributed by atoms with E-state index in [9.17, 15) is 8.42 Å². The van der Waals surface area contributed by atoms with Crippen LogP contribution in [0.15, 0.2) is 47.6 Å². The van der Waals surface area contributed by atoms with E-state index in [1.54, 1.807) is 39.5 Å². The van der Waals surface area contributed by atoms with Gasteiger partial charge >= 0.3 is 0 Å². The van der Waals surface area contributed by atoms with E-state index in [1.165, 1.54) is 0 Å². The lowest BCUT2D eigenvalue weighted by atomic mass is 9.98. The van der Waals surface area contributed by atoms with Crippen LogP contribution in [0, 0.1) is 0 Å². The number of nitrogens with zero attached hydrogens (tertiary/aromatic N) is 2. The number of hydrogen-bond acceptors (Lipinski definition) is 6. The Kier molecular flexibility index (Phi) is 5.27. The van der Waals surface area contributed by atoms with Crippen molar-refractivity contribution in [3.05, 3.63) is 53.6 Å². The van der Waals surface area contributed by atoms with Crippen LogP contribution in [0.1, 0.15) is 23.6 Å². The maximum atomic E-state index is 12.4. The maximum absolute atomic E-state index is 12.4. The van der Waals surface area contributed by atoms with Crippen LogP contribution in [-0.4, -0.2) is 46.1 Å². The van der Waals surface area contributed by atoms with Crippen molar-refractivity contribution in [3.63, 3.8) is 0 Å². The Balaban J connectivity index is 2.04. The molecule has 0 saturated carbocycles. The van der Waals surface area contributed by atoms with Gasteiger partial charge in [-0.1, -0.05) is 0 Å². The van der Waals surface area contributed by atoms with Gasteiger partial charge in [-0.2, -0.15) is 9.52 Å². The van der Waals surface area contributed by atoms with Crippen molar-refractivity contribution in [3.8, 4) is 17.2 Å². The number of hydrazone groups is 1. The molecule has 0 saturated heterocycles. The molecule has 0 spiro atoms. The van der Waals surface area contributed by atoms with E-state index in [0.717, 1.165) is 22.0 Å². The predicted molar refractivity (Wildman–Crippen MR) is 103 cm³/mol. The lowest BCUT2D eigenvalue weighted by Crippen LogP contribution is -2.26. The second kappa shape index (κ2) is 7.48. The predicted octanol–water partition coefficient (Wildman–Crippen LogP) is 2.82. The molecule has 2 aromatic rings. The number of benzene rings is 2. The summed E-state index contributed by atoms with van der Waals surface area (Å²) in [6.07, 6.45) is 1.57. The zero-order chi connectivity index (χ0) is 19.6. The van der Waals surface area contributed by atoms with E-state index >= 15 is 0 Å². The quantitative estimate of drug-likeness (QED) is 0.758. The van der Waals surface area contributed by atoms with E-state index in [-0.39, 0.29) is 0 Å². The number of rotatable bonds is 6. The summed E-state index contributed by atoms with van der Waals surface area (Å²) in [4.78, 5) is 0. The number of methoxy groups -OCH3 is 3. The first-order valence-corrected chi connectivity index (χ1v) is 10.2. The highest BCUT2D eigenvalue weighted by molar-refractivity contribution is 7.88. The molecule has 0 unspecified atom stereocenters. The zero-order valence-electron chi connectivity index (χ0n) is 15.7. The second-order valence-corrected chi connectivity index (χ2v) is 7.98. The van der Waals surface area contributed by atoms with Crippen molar-refractivity contribution in [2.75, 3.05) is 27.6 Å². The van der Waals surface area contributed by atoms with Crippen molar-refractivity contribution in [2.45, 2.75) is 12.5 Å². The van der Waals surface area contributed by atoms with Crippen LogP contribution >= 0.6 is 0 Å². The number of sulfonamides is 1. The van der Waals surface area contributed by atoms with E-state index in [2.05, 4.69) is 5.10 Å². The molecule has 0 amide bonds. The van der Waals surface area contributed by atoms with Crippen LogP contribution in [-0.2, 0) is 10.0 Å². The third-order valence-electron chi connectivity index (χ3n) is 4.43. The largest absolute Gasteiger partial charge is 0.497 e. The summed E-state index contributed by atoms with van der Waals surface area (Å²) in [6, 6.07) is 12.2. The maximum Gasteiger partial charge on any atom is 0.247 e. The molecule has 0 radical (unpaired) electrons. The van der Waals surface area contributed by atoms with Gasteiger partial charge in [0.15, 0.2) is 0 Å². The van der Waals surface area contributed by atoms with Gasteiger partial charge in [-0.15, -0.1) is 0 Å². The van der Waals surface area contributed by atoms with Crippen LogP contribution in [0.4, 0.5) is 0 Å². The molecule has 2 aromatic carbocycles. The Labute approximate surface area is 159 Å². The van der Waals surface area contributed by atoms with Gasteiger partial charge in [-0.25, -0.2) is 8.42 Å². The molecular formula is C19H22N2O5S. The Morgan fingerprint density at radius 1 is 0.963 bits per heavy atom. The highest BCUT2D eigenvalue weighted by atomic mass is 32.2. The van der Waals surface area contributed by atoms with E-state index in [0.29, 0.717) is 29.2 Å². The summed E-state index contributed by atoms with van der Waals surface area (Å²) >= 11 is 0. The van der Waals surface area contributed by atoms with E-state index < -0.39 is 16.1 Å². The molecule has 0 N–H and O–H groups in total. The average molecular weight is 390 g/mol. The fourth-order valence-corrected chi connectivity index (χ4v) is 3.98. The molecule has 0 aromatic heterocycles. The fourth-order valence-electron chi connectivity index (χ4n) is 3.08. The van der Waals surface area contributed by atoms with Crippen molar-refractivity contribution < 1.29 is 22.6 Å². The lowest BCUT2D eigenvalue weighted by molar-refractivity contribution is 0.348. The molecule has 1 atom stereocenters. The minimum atomic E-state index is -3.57. The van der Waals surface area contributed by atoms with Crippen molar-refractivity contribution in [1.82, 2.24) is 4.41 Å². The molecule has 27 heavy (non-hydrogen) atoms. The van der Waals surface area contributed by atoms with Crippen LogP contribution in [0.3, 0.4) is 0 Å². The van der Waals surface area contributed by atoms with Crippen molar-refractivity contribution in [1.29, 1.82) is 0 Å². The van der Waals surface area contributed by atoms with Gasteiger partial charge < -0.3 is 14.2 Å². The molecule has 8 heteroatoms. The Hall–Kier alpha value is -2.74. The Bertz CT molecular complexity index is 955. The van der Waals surface area contributed by atoms with Crippen LogP contribution in [0.2, 0.25) is 0 Å². The first-order valence-electron chi connectivity index (χ1n) is 8.30. The highest BCUT2D eigenvalue weighted by Crippen LogP contribution is 2.40. The fraction of sp³-hybridized carbons (Fsp3) is 0.316. The van der Waals surface area contributed by atoms with Gasteiger partial charge in [-0.3, -0.25) is 0 Å². The first kappa shape index (κ1) is 19.0. The second-order valence-electron chi connectivity index (χ2n) is 6.14. The summed E-state index contributed by atoms with van der Waals surface area (Å²) in [7, 11) is 1.14. The lowest BCUT2D eigenvalue weighted by Gasteiger charge is -2.23. The molecule has 0 bridgehead atoms. The van der Waals surface area contributed by atoms with Gasteiger partial charge in [-0.05, 0) is 48.0 Å². The molecule has 0 aliphatic carbocycles. The summed E-state index contributed by atoms with van der Waals surface area (Å²) in [5, 5.41) is 4.40. The van der Waals surface area contributed by atoms with Crippen LogP contribution < -0.4 is 14.2 Å². The van der Waals surface area contributed by atoms with Gasteiger partial charge in [0, 0.05) is 12.0 Å². The zero-order valence-corrected chi connectivity index (χ0v) is 16.5. The summed E-state index contributed by atoms with van der Waals surface area (Å²) in [5.41, 5.74) is 2.22. The van der Waals surface area contributed by atoms with E-state index in [1.807, 2.05) is 24.3 Å². The third-order valence-corrected chi connectivity index (χ3v) is 5.45. The number of hydrogen-bond donors (Lipinski definition) is 0. The molecule has 1 aliphatic heterocycles. The summed E-state index contributed by atoms with van der Waals surface area (Å²) in [5.74, 6) is 1.93. The van der Waals surface area contributed by atoms with Gasteiger partial charge in [0.05, 0.1) is 39.3 Å². The van der Waals surface area contributed by atoms with E-state index in [4.69, 9.17) is 14.2 Å². The van der Waals surface area contributed by atoms with Crippen LogP contribution in [0.5, 0.6) is 17.2 Å². The molecule has 3 rings (SSSR count). The average Bonchev–Trinajstić information content (AvgIpc) is 3.13. The minimum Gasteiger partial charge on any atom is -0.497 e. The Morgan fingerprint density at radius 2 is 1.59 bits per heavy atom. The van der Waals surface area contributed by atoms with Gasteiger partial charge in [0.25, 0.3) is 0 Å². The first-order chi connectivity index (χ1) is 12.9.